The first-order chi connectivity index (χ1) is 15.5. The number of aromatic nitrogens is 4. The second-order valence-electron chi connectivity index (χ2n) is 8.00. The maximum absolute atomic E-state index is 13.5. The number of ether oxygens (including phenoxy) is 1. The molecule has 1 aromatic heterocycles. The fraction of sp³-hybridized carbons (Fsp3) is 0.333. The largest absolute Gasteiger partial charge is 0.497 e. The van der Waals surface area contributed by atoms with Crippen LogP contribution in [-0.4, -0.2) is 69.2 Å². The predicted octanol–water partition coefficient (Wildman–Crippen LogP) is 2.64. The van der Waals surface area contributed by atoms with E-state index in [-0.39, 0.29) is 5.91 Å². The molecule has 1 aliphatic rings. The minimum atomic E-state index is -0.0848. The summed E-state index contributed by atoms with van der Waals surface area (Å²) in [6.07, 6.45) is 1.81. The zero-order valence-electron chi connectivity index (χ0n) is 18.7. The fourth-order valence-electron chi connectivity index (χ4n) is 3.90. The first-order valence-corrected chi connectivity index (χ1v) is 10.7. The summed E-state index contributed by atoms with van der Waals surface area (Å²) >= 11 is 0. The molecule has 1 fully saturated rings. The predicted molar refractivity (Wildman–Crippen MR) is 123 cm³/mol. The van der Waals surface area contributed by atoms with Crippen LogP contribution in [0.15, 0.2) is 48.5 Å². The summed E-state index contributed by atoms with van der Waals surface area (Å²) in [5.41, 5.74) is 3.83. The quantitative estimate of drug-likeness (QED) is 0.558. The summed E-state index contributed by atoms with van der Waals surface area (Å²) in [4.78, 5) is 17.8. The van der Waals surface area contributed by atoms with Crippen LogP contribution in [0, 0.1) is 13.8 Å². The topological polar surface area (TPSA) is 76.4 Å². The number of amides is 1. The van der Waals surface area contributed by atoms with E-state index >= 15 is 0 Å². The van der Waals surface area contributed by atoms with Gasteiger partial charge in [-0.3, -0.25) is 9.69 Å². The van der Waals surface area contributed by atoms with E-state index in [9.17, 15) is 4.79 Å². The van der Waals surface area contributed by atoms with Crippen LogP contribution in [0.2, 0.25) is 0 Å². The first-order valence-electron chi connectivity index (χ1n) is 10.7. The Hall–Kier alpha value is -3.52. The normalized spacial score (nSPS) is 15.1. The summed E-state index contributed by atoms with van der Waals surface area (Å²) in [5, 5.41) is 11.7. The molecule has 8 heteroatoms. The lowest BCUT2D eigenvalue weighted by Crippen LogP contribution is -2.49. The molecule has 32 heavy (non-hydrogen) atoms. The highest BCUT2D eigenvalue weighted by Gasteiger charge is 2.26. The van der Waals surface area contributed by atoms with Gasteiger partial charge in [0.05, 0.1) is 7.11 Å². The van der Waals surface area contributed by atoms with Gasteiger partial charge in [0.1, 0.15) is 11.4 Å². The summed E-state index contributed by atoms with van der Waals surface area (Å²) in [6, 6.07) is 16.1. The SMILES string of the molecule is COc1cccc(/C=C(/C(=O)N2CCN(Cc3cccc(C)c3)CC2)n2nnnc2C)c1. The number of hydrogen-bond acceptors (Lipinski definition) is 6. The Kier molecular flexibility index (Phi) is 6.61. The average Bonchev–Trinajstić information content (AvgIpc) is 3.23. The van der Waals surface area contributed by atoms with E-state index < -0.39 is 0 Å². The van der Waals surface area contributed by atoms with Gasteiger partial charge >= 0.3 is 0 Å². The first kappa shape index (κ1) is 21.7. The monoisotopic (exact) mass is 432 g/mol. The number of carbonyl (C=O) groups is 1. The molecule has 0 aliphatic carbocycles. The third-order valence-corrected chi connectivity index (χ3v) is 5.62. The van der Waals surface area contributed by atoms with Crippen LogP contribution in [-0.2, 0) is 11.3 Å². The smallest absolute Gasteiger partial charge is 0.272 e. The van der Waals surface area contributed by atoms with E-state index in [0.717, 1.165) is 30.9 Å². The summed E-state index contributed by atoms with van der Waals surface area (Å²) in [7, 11) is 1.62. The number of aryl methyl sites for hydroxylation is 2. The molecule has 0 radical (unpaired) electrons. The van der Waals surface area contributed by atoms with E-state index in [4.69, 9.17) is 4.74 Å². The van der Waals surface area contributed by atoms with Crippen LogP contribution in [0.3, 0.4) is 0 Å². The summed E-state index contributed by atoms with van der Waals surface area (Å²) < 4.78 is 6.82. The molecule has 1 saturated heterocycles. The lowest BCUT2D eigenvalue weighted by atomic mass is 10.1. The molecule has 0 unspecified atom stereocenters. The van der Waals surface area contributed by atoms with Crippen molar-refractivity contribution in [3.63, 3.8) is 0 Å². The second-order valence-corrected chi connectivity index (χ2v) is 8.00. The van der Waals surface area contributed by atoms with Gasteiger partial charge < -0.3 is 9.64 Å². The van der Waals surface area contributed by atoms with E-state index in [1.807, 2.05) is 35.2 Å². The maximum Gasteiger partial charge on any atom is 0.272 e. The van der Waals surface area contributed by atoms with E-state index in [1.54, 1.807) is 14.0 Å². The molecular formula is C24H28N6O2. The number of nitrogens with zero attached hydrogens (tertiary/aromatic N) is 6. The molecule has 0 spiro atoms. The van der Waals surface area contributed by atoms with Gasteiger partial charge in [-0.1, -0.05) is 42.0 Å². The van der Waals surface area contributed by atoms with Crippen molar-refractivity contribution in [3.8, 4) is 5.75 Å². The molecule has 2 heterocycles. The van der Waals surface area contributed by atoms with Crippen LogP contribution in [0.5, 0.6) is 5.75 Å². The molecule has 4 rings (SSSR count). The molecule has 166 valence electrons. The van der Waals surface area contributed by atoms with E-state index in [2.05, 4.69) is 51.6 Å². The Morgan fingerprint density at radius 1 is 1.06 bits per heavy atom. The van der Waals surface area contributed by atoms with Gasteiger partial charge in [0.15, 0.2) is 5.82 Å². The van der Waals surface area contributed by atoms with Crippen molar-refractivity contribution >= 4 is 17.7 Å². The van der Waals surface area contributed by atoms with Crippen molar-refractivity contribution in [1.29, 1.82) is 0 Å². The summed E-state index contributed by atoms with van der Waals surface area (Å²) in [6.45, 7) is 7.73. The van der Waals surface area contributed by atoms with Crippen LogP contribution in [0.4, 0.5) is 0 Å². The van der Waals surface area contributed by atoms with Crippen molar-refractivity contribution in [1.82, 2.24) is 30.0 Å². The van der Waals surface area contributed by atoms with Crippen molar-refractivity contribution in [2.45, 2.75) is 20.4 Å². The van der Waals surface area contributed by atoms with Crippen molar-refractivity contribution < 1.29 is 9.53 Å². The van der Waals surface area contributed by atoms with Gasteiger partial charge in [-0.2, -0.15) is 4.68 Å². The Balaban J connectivity index is 1.51. The number of piperazine rings is 1. The van der Waals surface area contributed by atoms with Crippen LogP contribution < -0.4 is 4.74 Å². The number of tetrazole rings is 1. The third-order valence-electron chi connectivity index (χ3n) is 5.62. The van der Waals surface area contributed by atoms with Crippen LogP contribution in [0.25, 0.3) is 11.8 Å². The fourth-order valence-corrected chi connectivity index (χ4v) is 3.90. The number of methoxy groups -OCH3 is 1. The lowest BCUT2D eigenvalue weighted by Gasteiger charge is -2.35. The zero-order valence-corrected chi connectivity index (χ0v) is 18.7. The van der Waals surface area contributed by atoms with Crippen molar-refractivity contribution in [2.24, 2.45) is 0 Å². The van der Waals surface area contributed by atoms with E-state index in [0.29, 0.717) is 24.6 Å². The van der Waals surface area contributed by atoms with Crippen LogP contribution in [0.1, 0.15) is 22.5 Å². The Morgan fingerprint density at radius 3 is 2.53 bits per heavy atom. The highest BCUT2D eigenvalue weighted by atomic mass is 16.5. The molecule has 1 amide bonds. The Bertz CT molecular complexity index is 1110. The number of carbonyl (C=O) groups excluding carboxylic acids is 1. The number of benzene rings is 2. The van der Waals surface area contributed by atoms with Gasteiger partial charge in [-0.25, -0.2) is 0 Å². The van der Waals surface area contributed by atoms with Crippen molar-refractivity contribution in [2.75, 3.05) is 33.3 Å². The molecule has 0 bridgehead atoms. The molecule has 8 nitrogen and oxygen atoms in total. The third kappa shape index (κ3) is 5.03. The molecule has 0 saturated carbocycles. The number of hydrogen-bond donors (Lipinski definition) is 0. The van der Waals surface area contributed by atoms with Gasteiger partial charge in [0, 0.05) is 32.7 Å². The van der Waals surface area contributed by atoms with Gasteiger partial charge in [-0.15, -0.1) is 5.10 Å². The van der Waals surface area contributed by atoms with Crippen molar-refractivity contribution in [3.05, 3.63) is 71.0 Å². The molecular weight excluding hydrogens is 404 g/mol. The Labute approximate surface area is 188 Å². The molecule has 3 aromatic rings. The minimum absolute atomic E-state index is 0.0848. The second kappa shape index (κ2) is 9.74. The van der Waals surface area contributed by atoms with Gasteiger partial charge in [0.25, 0.3) is 5.91 Å². The number of rotatable bonds is 6. The maximum atomic E-state index is 13.5. The van der Waals surface area contributed by atoms with E-state index in [1.165, 1.54) is 15.8 Å². The molecule has 0 N–H and O–H groups in total. The molecule has 0 atom stereocenters. The Morgan fingerprint density at radius 2 is 1.84 bits per heavy atom. The molecule has 2 aromatic carbocycles. The molecule has 1 aliphatic heterocycles. The van der Waals surface area contributed by atoms with Crippen LogP contribution >= 0.6 is 0 Å². The van der Waals surface area contributed by atoms with Gasteiger partial charge in [0.2, 0.25) is 0 Å². The zero-order chi connectivity index (χ0) is 22.5. The van der Waals surface area contributed by atoms with Gasteiger partial charge in [-0.05, 0) is 53.6 Å². The lowest BCUT2D eigenvalue weighted by molar-refractivity contribution is -0.127. The summed E-state index contributed by atoms with van der Waals surface area (Å²) in [5.74, 6) is 1.20. The highest BCUT2D eigenvalue weighted by Crippen LogP contribution is 2.20. The highest BCUT2D eigenvalue weighted by molar-refractivity contribution is 6.18. The standard InChI is InChI=1S/C24H28N6O2/c1-18-6-4-8-21(14-18)17-28-10-12-29(13-11-28)24(31)23(30-19(2)25-26-27-30)16-20-7-5-9-22(15-20)32-3/h4-9,14-16H,10-13,17H2,1-3H3/b23-16-. The average molecular weight is 433 g/mol. The minimum Gasteiger partial charge on any atom is -0.497 e.